The molecule has 0 N–H and O–H groups in total. The van der Waals surface area contributed by atoms with Gasteiger partial charge in [-0.05, 0) is 53.7 Å². The lowest BCUT2D eigenvalue weighted by Crippen LogP contribution is -2.34. The number of aromatic nitrogens is 1. The zero-order valence-electron chi connectivity index (χ0n) is 11.3. The molecular formula is C15H25NO2Si. The van der Waals surface area contributed by atoms with E-state index in [-0.39, 0.29) is 28.5 Å². The number of esters is 1. The highest BCUT2D eigenvalue weighted by Gasteiger charge is 2.34. The highest BCUT2D eigenvalue weighted by molar-refractivity contribution is 5.89. The van der Waals surface area contributed by atoms with Crippen molar-refractivity contribution in [3.8, 4) is 0 Å². The standard InChI is InChI=1S/C15H21NO2.H4Si/c1-11-7-13(9-15(2,3)8-11)18-14(17)12-5-4-6-16-10-12;/h4-6,10-11,13H,7-9H2,1-3H3;1H4/t11-,13-;/m1./s1. The van der Waals surface area contributed by atoms with Crippen molar-refractivity contribution in [1.82, 2.24) is 4.98 Å². The monoisotopic (exact) mass is 279 g/mol. The molecule has 0 radical (unpaired) electrons. The minimum Gasteiger partial charge on any atom is -0.459 e. The van der Waals surface area contributed by atoms with Crippen molar-refractivity contribution >= 4 is 16.9 Å². The van der Waals surface area contributed by atoms with Crippen LogP contribution in [-0.2, 0) is 4.74 Å². The molecule has 1 fully saturated rings. The second-order valence-corrected chi connectivity index (χ2v) is 6.18. The maximum absolute atomic E-state index is 12.0. The molecule has 1 saturated carbocycles. The molecule has 1 aliphatic carbocycles. The Kier molecular flexibility index (Phi) is 5.29. The van der Waals surface area contributed by atoms with Crippen LogP contribution >= 0.6 is 0 Å². The molecule has 2 rings (SSSR count). The summed E-state index contributed by atoms with van der Waals surface area (Å²) in [4.78, 5) is 15.9. The fourth-order valence-electron chi connectivity index (χ4n) is 3.05. The van der Waals surface area contributed by atoms with Gasteiger partial charge in [0, 0.05) is 12.4 Å². The number of hydrogen-bond donors (Lipinski definition) is 0. The minimum absolute atomic E-state index is 0. The number of ether oxygens (including phenoxy) is 1. The highest BCUT2D eigenvalue weighted by Crippen LogP contribution is 2.39. The Bertz CT molecular complexity index is 419. The van der Waals surface area contributed by atoms with Crippen LogP contribution in [-0.4, -0.2) is 28.0 Å². The summed E-state index contributed by atoms with van der Waals surface area (Å²) in [7, 11) is 0. The van der Waals surface area contributed by atoms with Gasteiger partial charge in [0.25, 0.3) is 0 Å². The van der Waals surface area contributed by atoms with Gasteiger partial charge in [-0.3, -0.25) is 4.98 Å². The van der Waals surface area contributed by atoms with Crippen molar-refractivity contribution in [3.63, 3.8) is 0 Å². The Hall–Kier alpha value is -1.16. The quantitative estimate of drug-likeness (QED) is 0.614. The summed E-state index contributed by atoms with van der Waals surface area (Å²) in [5, 5.41) is 0. The predicted molar refractivity (Wildman–Crippen MR) is 81.6 cm³/mol. The van der Waals surface area contributed by atoms with E-state index in [1.54, 1.807) is 24.5 Å². The SMILES string of the molecule is C[C@@H]1C[C@@H](OC(=O)c2cccnc2)CC(C)(C)C1.[SiH4]. The van der Waals surface area contributed by atoms with E-state index >= 15 is 0 Å². The molecule has 0 bridgehead atoms. The summed E-state index contributed by atoms with van der Waals surface area (Å²) >= 11 is 0. The summed E-state index contributed by atoms with van der Waals surface area (Å²) in [6, 6.07) is 3.50. The first-order valence-electron chi connectivity index (χ1n) is 6.57. The fourth-order valence-corrected chi connectivity index (χ4v) is 3.05. The Morgan fingerprint density at radius 2 is 2.16 bits per heavy atom. The molecule has 1 aromatic heterocycles. The smallest absolute Gasteiger partial charge is 0.339 e. The molecule has 0 aromatic carbocycles. The summed E-state index contributed by atoms with van der Waals surface area (Å²) in [6.07, 6.45) is 6.37. The fraction of sp³-hybridized carbons (Fsp3) is 0.600. The Balaban J connectivity index is 0.00000180. The molecular weight excluding hydrogens is 254 g/mol. The van der Waals surface area contributed by atoms with E-state index in [4.69, 9.17) is 4.74 Å². The third-order valence-electron chi connectivity index (χ3n) is 3.52. The van der Waals surface area contributed by atoms with Gasteiger partial charge in [0.2, 0.25) is 0 Å². The van der Waals surface area contributed by atoms with Gasteiger partial charge in [-0.15, -0.1) is 0 Å². The number of pyridine rings is 1. The van der Waals surface area contributed by atoms with Gasteiger partial charge in [-0.1, -0.05) is 20.8 Å². The Morgan fingerprint density at radius 3 is 2.74 bits per heavy atom. The molecule has 3 nitrogen and oxygen atoms in total. The van der Waals surface area contributed by atoms with Crippen LogP contribution in [0.4, 0.5) is 0 Å². The summed E-state index contributed by atoms with van der Waals surface area (Å²) in [5.41, 5.74) is 0.797. The molecule has 1 aromatic rings. The lowest BCUT2D eigenvalue weighted by molar-refractivity contribution is -0.00717. The molecule has 106 valence electrons. The topological polar surface area (TPSA) is 39.2 Å². The zero-order chi connectivity index (χ0) is 13.2. The van der Waals surface area contributed by atoms with Crippen LogP contribution in [0.3, 0.4) is 0 Å². The molecule has 0 saturated heterocycles. The molecule has 4 heteroatoms. The average molecular weight is 279 g/mol. The second-order valence-electron chi connectivity index (χ2n) is 6.18. The highest BCUT2D eigenvalue weighted by atomic mass is 28.1. The lowest BCUT2D eigenvalue weighted by atomic mass is 9.71. The van der Waals surface area contributed by atoms with E-state index in [1.165, 1.54) is 6.42 Å². The second kappa shape index (κ2) is 6.33. The van der Waals surface area contributed by atoms with Gasteiger partial charge in [0.15, 0.2) is 0 Å². The van der Waals surface area contributed by atoms with Crippen LogP contribution in [0.1, 0.15) is 50.4 Å². The van der Waals surface area contributed by atoms with Crippen LogP contribution in [0.5, 0.6) is 0 Å². The minimum atomic E-state index is -0.252. The normalized spacial score (nSPS) is 25.2. The van der Waals surface area contributed by atoms with Gasteiger partial charge in [0.1, 0.15) is 6.10 Å². The molecule has 0 spiro atoms. The Labute approximate surface area is 119 Å². The van der Waals surface area contributed by atoms with Crippen LogP contribution in [0, 0.1) is 11.3 Å². The van der Waals surface area contributed by atoms with Crippen molar-refractivity contribution in [1.29, 1.82) is 0 Å². The molecule has 0 aliphatic heterocycles. The first-order chi connectivity index (χ1) is 8.46. The van der Waals surface area contributed by atoms with Crippen LogP contribution in [0.15, 0.2) is 24.5 Å². The molecule has 0 unspecified atom stereocenters. The van der Waals surface area contributed by atoms with E-state index in [1.807, 2.05) is 0 Å². The van der Waals surface area contributed by atoms with E-state index in [0.29, 0.717) is 11.5 Å². The first kappa shape index (κ1) is 15.9. The number of carbonyl (C=O) groups excluding carboxylic acids is 1. The number of carbonyl (C=O) groups is 1. The van der Waals surface area contributed by atoms with E-state index in [2.05, 4.69) is 25.8 Å². The van der Waals surface area contributed by atoms with Crippen molar-refractivity contribution in [2.75, 3.05) is 0 Å². The molecule has 2 atom stereocenters. The van der Waals surface area contributed by atoms with Crippen molar-refractivity contribution in [2.24, 2.45) is 11.3 Å². The molecule has 1 heterocycles. The number of hydrogen-bond acceptors (Lipinski definition) is 3. The summed E-state index contributed by atoms with van der Waals surface area (Å²) in [6.45, 7) is 6.72. The van der Waals surface area contributed by atoms with Crippen molar-refractivity contribution in [3.05, 3.63) is 30.1 Å². The van der Waals surface area contributed by atoms with Crippen LogP contribution < -0.4 is 0 Å². The van der Waals surface area contributed by atoms with Crippen molar-refractivity contribution < 1.29 is 9.53 Å². The van der Waals surface area contributed by atoms with Crippen LogP contribution in [0.2, 0.25) is 0 Å². The van der Waals surface area contributed by atoms with Gasteiger partial charge >= 0.3 is 5.97 Å². The molecule has 0 amide bonds. The molecule has 1 aliphatic rings. The third-order valence-corrected chi connectivity index (χ3v) is 3.52. The third kappa shape index (κ3) is 4.46. The maximum atomic E-state index is 12.0. The maximum Gasteiger partial charge on any atom is 0.339 e. The first-order valence-corrected chi connectivity index (χ1v) is 6.57. The van der Waals surface area contributed by atoms with E-state index < -0.39 is 0 Å². The van der Waals surface area contributed by atoms with Gasteiger partial charge in [0.05, 0.1) is 5.56 Å². The van der Waals surface area contributed by atoms with Gasteiger partial charge in [-0.25, -0.2) is 4.79 Å². The average Bonchev–Trinajstić information content (AvgIpc) is 2.27. The van der Waals surface area contributed by atoms with E-state index in [0.717, 1.165) is 12.8 Å². The largest absolute Gasteiger partial charge is 0.459 e. The Morgan fingerprint density at radius 1 is 1.42 bits per heavy atom. The predicted octanol–water partition coefficient (Wildman–Crippen LogP) is 2.00. The van der Waals surface area contributed by atoms with Crippen molar-refractivity contribution in [2.45, 2.75) is 46.1 Å². The number of rotatable bonds is 2. The lowest BCUT2D eigenvalue weighted by Gasteiger charge is -2.38. The zero-order valence-corrected chi connectivity index (χ0v) is 11.3. The van der Waals surface area contributed by atoms with Gasteiger partial charge in [-0.2, -0.15) is 0 Å². The number of nitrogens with zero attached hydrogens (tertiary/aromatic N) is 1. The molecule has 19 heavy (non-hydrogen) atoms. The van der Waals surface area contributed by atoms with Gasteiger partial charge < -0.3 is 4.74 Å². The summed E-state index contributed by atoms with van der Waals surface area (Å²) < 4.78 is 5.60. The summed E-state index contributed by atoms with van der Waals surface area (Å²) in [5.74, 6) is 0.360. The van der Waals surface area contributed by atoms with Crippen LogP contribution in [0.25, 0.3) is 0 Å². The van der Waals surface area contributed by atoms with E-state index in [9.17, 15) is 4.79 Å².